The van der Waals surface area contributed by atoms with Crippen LogP contribution in [-0.4, -0.2) is 30.6 Å². The lowest BCUT2D eigenvalue weighted by Gasteiger charge is -2.24. The van der Waals surface area contributed by atoms with Crippen molar-refractivity contribution in [2.75, 3.05) is 19.6 Å². The molecule has 1 aromatic carbocycles. The summed E-state index contributed by atoms with van der Waals surface area (Å²) >= 11 is 11.9. The lowest BCUT2D eigenvalue weighted by Crippen LogP contribution is -2.38. The van der Waals surface area contributed by atoms with Crippen LogP contribution in [0.4, 0.5) is 0 Å². The molecule has 0 saturated carbocycles. The number of likely N-dealkylation sites (tertiary alicyclic amines) is 1. The van der Waals surface area contributed by atoms with Gasteiger partial charge in [0.25, 0.3) is 0 Å². The van der Waals surface area contributed by atoms with Gasteiger partial charge < -0.3 is 5.32 Å². The first-order valence-electron chi connectivity index (χ1n) is 6.55. The van der Waals surface area contributed by atoms with Crippen LogP contribution in [-0.2, 0) is 6.54 Å². The minimum Gasteiger partial charge on any atom is -0.311 e. The molecule has 4 heteroatoms. The highest BCUT2D eigenvalue weighted by Crippen LogP contribution is 2.22. The van der Waals surface area contributed by atoms with Crippen molar-refractivity contribution in [1.82, 2.24) is 10.2 Å². The lowest BCUT2D eigenvalue weighted by molar-refractivity contribution is 0.251. The Hall–Kier alpha value is -0.280. The fraction of sp³-hybridized carbons (Fsp3) is 0.571. The van der Waals surface area contributed by atoms with E-state index in [0.29, 0.717) is 16.1 Å². The number of halogens is 2. The van der Waals surface area contributed by atoms with Crippen molar-refractivity contribution in [2.45, 2.75) is 32.4 Å². The minimum atomic E-state index is 0.607. The zero-order valence-corrected chi connectivity index (χ0v) is 12.3. The highest BCUT2D eigenvalue weighted by Gasteiger charge is 2.17. The van der Waals surface area contributed by atoms with Crippen LogP contribution in [0.1, 0.15) is 25.3 Å². The molecule has 0 spiro atoms. The van der Waals surface area contributed by atoms with Crippen molar-refractivity contribution in [1.29, 1.82) is 0 Å². The molecular weight excluding hydrogens is 267 g/mol. The van der Waals surface area contributed by atoms with Crippen LogP contribution in [0, 0.1) is 0 Å². The number of rotatable bonds is 5. The second-order valence-electron chi connectivity index (χ2n) is 4.97. The van der Waals surface area contributed by atoms with Gasteiger partial charge in [-0.25, -0.2) is 0 Å². The molecule has 1 aliphatic rings. The molecule has 0 amide bonds. The first-order chi connectivity index (χ1) is 8.66. The highest BCUT2D eigenvalue weighted by molar-refractivity contribution is 6.42. The molecular formula is C14H20Cl2N2. The second kappa shape index (κ2) is 6.76. The topological polar surface area (TPSA) is 15.3 Å². The van der Waals surface area contributed by atoms with Crippen molar-refractivity contribution in [3.63, 3.8) is 0 Å². The molecule has 2 rings (SSSR count). The molecule has 1 heterocycles. The maximum atomic E-state index is 5.99. The molecule has 18 heavy (non-hydrogen) atoms. The predicted molar refractivity (Wildman–Crippen MR) is 78.4 cm³/mol. The Labute approximate surface area is 119 Å². The fourth-order valence-electron chi connectivity index (χ4n) is 2.39. The Morgan fingerprint density at radius 1 is 1.22 bits per heavy atom. The molecule has 1 saturated heterocycles. The Kier molecular flexibility index (Phi) is 5.31. The summed E-state index contributed by atoms with van der Waals surface area (Å²) in [5.74, 6) is 0. The van der Waals surface area contributed by atoms with E-state index in [1.54, 1.807) is 0 Å². The van der Waals surface area contributed by atoms with E-state index < -0.39 is 0 Å². The Balaban J connectivity index is 1.75. The maximum Gasteiger partial charge on any atom is 0.0595 e. The van der Waals surface area contributed by atoms with Gasteiger partial charge in [0.1, 0.15) is 0 Å². The van der Waals surface area contributed by atoms with Gasteiger partial charge in [-0.05, 0) is 50.6 Å². The molecule has 100 valence electrons. The molecule has 1 aliphatic heterocycles. The van der Waals surface area contributed by atoms with Gasteiger partial charge in [0.2, 0.25) is 0 Å². The number of hydrogen-bond acceptors (Lipinski definition) is 2. The maximum absolute atomic E-state index is 5.99. The van der Waals surface area contributed by atoms with E-state index in [0.717, 1.165) is 13.1 Å². The monoisotopic (exact) mass is 286 g/mol. The molecule has 0 aliphatic carbocycles. The van der Waals surface area contributed by atoms with E-state index in [2.05, 4.69) is 17.1 Å². The van der Waals surface area contributed by atoms with E-state index in [-0.39, 0.29) is 0 Å². The number of nitrogens with zero attached hydrogens (tertiary/aromatic N) is 1. The number of hydrogen-bond donors (Lipinski definition) is 1. The summed E-state index contributed by atoms with van der Waals surface area (Å²) in [6, 6.07) is 6.40. The third-order valence-electron chi connectivity index (χ3n) is 3.52. The molecule has 2 nitrogen and oxygen atoms in total. The van der Waals surface area contributed by atoms with Crippen LogP contribution < -0.4 is 5.32 Å². The van der Waals surface area contributed by atoms with Gasteiger partial charge in [0, 0.05) is 19.1 Å². The molecule has 1 atom stereocenters. The average molecular weight is 287 g/mol. The third kappa shape index (κ3) is 3.86. The quantitative estimate of drug-likeness (QED) is 0.890. The smallest absolute Gasteiger partial charge is 0.0595 e. The summed E-state index contributed by atoms with van der Waals surface area (Å²) in [6.45, 7) is 6.63. The second-order valence-corrected chi connectivity index (χ2v) is 5.79. The van der Waals surface area contributed by atoms with Gasteiger partial charge in [-0.3, -0.25) is 4.90 Å². The molecule has 1 aromatic rings. The Bertz CT molecular complexity index is 389. The van der Waals surface area contributed by atoms with Gasteiger partial charge in [-0.1, -0.05) is 29.3 Å². The Morgan fingerprint density at radius 3 is 2.61 bits per heavy atom. The number of nitrogens with one attached hydrogen (secondary N) is 1. The largest absolute Gasteiger partial charge is 0.311 e. The van der Waals surface area contributed by atoms with E-state index in [4.69, 9.17) is 23.2 Å². The summed E-state index contributed by atoms with van der Waals surface area (Å²) in [7, 11) is 0. The first-order valence-corrected chi connectivity index (χ1v) is 7.31. The minimum absolute atomic E-state index is 0.607. The predicted octanol–water partition coefficient (Wildman–Crippen LogP) is 3.57. The van der Waals surface area contributed by atoms with Gasteiger partial charge in [-0.15, -0.1) is 0 Å². The summed E-state index contributed by atoms with van der Waals surface area (Å²) in [6.07, 6.45) is 2.69. The van der Waals surface area contributed by atoms with Gasteiger partial charge in [0.05, 0.1) is 10.0 Å². The third-order valence-corrected chi connectivity index (χ3v) is 4.26. The fourth-order valence-corrected chi connectivity index (χ4v) is 2.71. The molecule has 0 aromatic heterocycles. The van der Waals surface area contributed by atoms with Crippen LogP contribution in [0.25, 0.3) is 0 Å². The summed E-state index contributed by atoms with van der Waals surface area (Å²) in [5, 5.41) is 4.73. The molecule has 0 radical (unpaired) electrons. The van der Waals surface area contributed by atoms with Gasteiger partial charge in [-0.2, -0.15) is 0 Å². The van der Waals surface area contributed by atoms with Crippen molar-refractivity contribution < 1.29 is 0 Å². The standard InChI is InChI=1S/C14H20Cl2N2/c1-11(18-6-2-3-7-18)9-17-10-12-4-5-13(15)14(16)8-12/h4-5,8,11,17H,2-3,6-7,9-10H2,1H3. The summed E-state index contributed by atoms with van der Waals surface area (Å²) < 4.78 is 0. The van der Waals surface area contributed by atoms with Gasteiger partial charge in [0.15, 0.2) is 0 Å². The van der Waals surface area contributed by atoms with Crippen molar-refractivity contribution >= 4 is 23.2 Å². The van der Waals surface area contributed by atoms with Crippen LogP contribution in [0.2, 0.25) is 10.0 Å². The average Bonchev–Trinajstić information content (AvgIpc) is 2.87. The van der Waals surface area contributed by atoms with Crippen molar-refractivity contribution in [3.8, 4) is 0 Å². The van der Waals surface area contributed by atoms with Crippen molar-refractivity contribution in [3.05, 3.63) is 33.8 Å². The molecule has 0 bridgehead atoms. The molecule has 1 unspecified atom stereocenters. The van der Waals surface area contributed by atoms with E-state index >= 15 is 0 Å². The van der Waals surface area contributed by atoms with Crippen molar-refractivity contribution in [2.24, 2.45) is 0 Å². The summed E-state index contributed by atoms with van der Waals surface area (Å²) in [4.78, 5) is 2.54. The van der Waals surface area contributed by atoms with Gasteiger partial charge >= 0.3 is 0 Å². The SMILES string of the molecule is CC(CNCc1ccc(Cl)c(Cl)c1)N1CCCC1. The normalized spacial score (nSPS) is 18.2. The van der Waals surface area contributed by atoms with Crippen LogP contribution >= 0.6 is 23.2 Å². The van der Waals surface area contributed by atoms with Crippen LogP contribution in [0.15, 0.2) is 18.2 Å². The zero-order chi connectivity index (χ0) is 13.0. The molecule has 1 N–H and O–H groups in total. The van der Waals surface area contributed by atoms with E-state index in [1.807, 2.05) is 18.2 Å². The first kappa shape index (κ1) is 14.1. The zero-order valence-electron chi connectivity index (χ0n) is 10.8. The van der Waals surface area contributed by atoms with Crippen LogP contribution in [0.5, 0.6) is 0 Å². The van der Waals surface area contributed by atoms with Crippen LogP contribution in [0.3, 0.4) is 0 Å². The Morgan fingerprint density at radius 2 is 1.94 bits per heavy atom. The highest BCUT2D eigenvalue weighted by atomic mass is 35.5. The van der Waals surface area contributed by atoms with E-state index in [9.17, 15) is 0 Å². The lowest BCUT2D eigenvalue weighted by atomic mass is 10.2. The van der Waals surface area contributed by atoms with E-state index in [1.165, 1.54) is 31.5 Å². The molecule has 1 fully saturated rings. The number of benzene rings is 1. The summed E-state index contributed by atoms with van der Waals surface area (Å²) in [5.41, 5.74) is 1.18.